The van der Waals surface area contributed by atoms with Crippen LogP contribution in [0.2, 0.25) is 0 Å². The molecule has 2 heterocycles. The maximum Gasteiger partial charge on any atom is 0.223 e. The SMILES string of the molecule is CCc1ccc(CCC(=O)N2CCC[C@H]2Cn2ccnc2C)cc1. The van der Waals surface area contributed by atoms with Crippen LogP contribution in [0.3, 0.4) is 0 Å². The normalized spacial score (nSPS) is 17.4. The van der Waals surface area contributed by atoms with Crippen molar-refractivity contribution in [3.05, 3.63) is 53.6 Å². The van der Waals surface area contributed by atoms with E-state index in [1.54, 1.807) is 0 Å². The third kappa shape index (κ3) is 3.86. The largest absolute Gasteiger partial charge is 0.338 e. The Labute approximate surface area is 144 Å². The Bertz CT molecular complexity index is 674. The molecule has 0 bridgehead atoms. The molecule has 1 aromatic carbocycles. The van der Waals surface area contributed by atoms with Gasteiger partial charge in [-0.25, -0.2) is 4.98 Å². The van der Waals surface area contributed by atoms with Crippen molar-refractivity contribution < 1.29 is 4.79 Å². The van der Waals surface area contributed by atoms with Crippen LogP contribution in [-0.4, -0.2) is 32.9 Å². The predicted molar refractivity (Wildman–Crippen MR) is 95.8 cm³/mol. The zero-order chi connectivity index (χ0) is 16.9. The van der Waals surface area contributed by atoms with E-state index in [0.29, 0.717) is 12.5 Å². The molecule has 2 aromatic rings. The van der Waals surface area contributed by atoms with E-state index >= 15 is 0 Å². The minimum atomic E-state index is 0.287. The van der Waals surface area contributed by atoms with Crippen molar-refractivity contribution in [1.29, 1.82) is 0 Å². The second kappa shape index (κ2) is 7.65. The Morgan fingerprint density at radius 2 is 2.00 bits per heavy atom. The van der Waals surface area contributed by atoms with Crippen LogP contribution in [0.15, 0.2) is 36.7 Å². The average Bonchev–Trinajstić information content (AvgIpc) is 3.23. The molecule has 3 rings (SSSR count). The number of nitrogens with zero attached hydrogens (tertiary/aromatic N) is 3. The number of imidazole rings is 1. The summed E-state index contributed by atoms with van der Waals surface area (Å²) in [6, 6.07) is 8.96. The highest BCUT2D eigenvalue weighted by Gasteiger charge is 2.28. The Morgan fingerprint density at radius 3 is 2.67 bits per heavy atom. The van der Waals surface area contributed by atoms with Crippen LogP contribution in [0.4, 0.5) is 0 Å². The summed E-state index contributed by atoms with van der Waals surface area (Å²) >= 11 is 0. The second-order valence-corrected chi connectivity index (χ2v) is 6.68. The number of rotatable bonds is 6. The molecule has 0 radical (unpaired) electrons. The molecule has 128 valence electrons. The van der Waals surface area contributed by atoms with Crippen LogP contribution in [0, 0.1) is 6.92 Å². The van der Waals surface area contributed by atoms with E-state index in [1.807, 2.05) is 19.3 Å². The zero-order valence-corrected chi connectivity index (χ0v) is 14.7. The Kier molecular flexibility index (Phi) is 5.34. The Balaban J connectivity index is 1.56. The molecule has 1 aromatic heterocycles. The van der Waals surface area contributed by atoms with Gasteiger partial charge in [-0.1, -0.05) is 31.2 Å². The first-order valence-electron chi connectivity index (χ1n) is 9.02. The lowest BCUT2D eigenvalue weighted by Gasteiger charge is -2.25. The van der Waals surface area contributed by atoms with Gasteiger partial charge >= 0.3 is 0 Å². The third-order valence-corrected chi connectivity index (χ3v) is 5.09. The van der Waals surface area contributed by atoms with Gasteiger partial charge in [-0.2, -0.15) is 0 Å². The molecule has 1 aliphatic heterocycles. The number of benzene rings is 1. The van der Waals surface area contributed by atoms with Gasteiger partial charge in [0.15, 0.2) is 0 Å². The van der Waals surface area contributed by atoms with E-state index in [4.69, 9.17) is 0 Å². The van der Waals surface area contributed by atoms with Crippen LogP contribution < -0.4 is 0 Å². The summed E-state index contributed by atoms with van der Waals surface area (Å²) in [6.45, 7) is 5.93. The van der Waals surface area contributed by atoms with Gasteiger partial charge in [-0.3, -0.25) is 4.79 Å². The van der Waals surface area contributed by atoms with Crippen molar-refractivity contribution in [2.45, 2.75) is 58.5 Å². The maximum atomic E-state index is 12.7. The van der Waals surface area contributed by atoms with E-state index in [-0.39, 0.29) is 5.91 Å². The molecule has 1 saturated heterocycles. The highest BCUT2D eigenvalue weighted by molar-refractivity contribution is 5.77. The van der Waals surface area contributed by atoms with Crippen molar-refractivity contribution in [1.82, 2.24) is 14.5 Å². The fraction of sp³-hybridized carbons (Fsp3) is 0.500. The number of carbonyl (C=O) groups excluding carboxylic acids is 1. The summed E-state index contributed by atoms with van der Waals surface area (Å²) in [5.41, 5.74) is 2.60. The molecule has 24 heavy (non-hydrogen) atoms. The molecule has 4 nitrogen and oxygen atoms in total. The average molecular weight is 325 g/mol. The quantitative estimate of drug-likeness (QED) is 0.816. The maximum absolute atomic E-state index is 12.7. The van der Waals surface area contributed by atoms with Crippen LogP contribution in [-0.2, 0) is 24.2 Å². The van der Waals surface area contributed by atoms with Gasteiger partial charge in [0.25, 0.3) is 0 Å². The molecule has 1 aliphatic rings. The fourth-order valence-electron chi connectivity index (χ4n) is 3.51. The van der Waals surface area contributed by atoms with E-state index in [2.05, 4.69) is 45.6 Å². The molecule has 0 aliphatic carbocycles. The number of likely N-dealkylation sites (tertiary alicyclic amines) is 1. The highest BCUT2D eigenvalue weighted by atomic mass is 16.2. The van der Waals surface area contributed by atoms with E-state index < -0.39 is 0 Å². The third-order valence-electron chi connectivity index (χ3n) is 5.09. The standard InChI is InChI=1S/C20H27N3O/c1-3-17-6-8-18(9-7-17)10-11-20(24)23-13-4-5-19(23)15-22-14-12-21-16(22)2/h6-9,12,14,19H,3-5,10-11,13,15H2,1-2H3/t19-/m0/s1. The van der Waals surface area contributed by atoms with E-state index in [9.17, 15) is 4.79 Å². The van der Waals surface area contributed by atoms with Crippen LogP contribution in [0.1, 0.15) is 43.1 Å². The van der Waals surface area contributed by atoms with Gasteiger partial charge in [0.1, 0.15) is 5.82 Å². The molecule has 1 fully saturated rings. The lowest BCUT2D eigenvalue weighted by atomic mass is 10.1. The molecule has 1 amide bonds. The molecule has 0 saturated carbocycles. The van der Waals surface area contributed by atoms with Crippen molar-refractivity contribution in [3.8, 4) is 0 Å². The van der Waals surface area contributed by atoms with E-state index in [0.717, 1.165) is 44.6 Å². The van der Waals surface area contributed by atoms with Crippen LogP contribution >= 0.6 is 0 Å². The highest BCUT2D eigenvalue weighted by Crippen LogP contribution is 2.21. The summed E-state index contributed by atoms with van der Waals surface area (Å²) < 4.78 is 2.15. The first-order chi connectivity index (χ1) is 11.7. The first-order valence-corrected chi connectivity index (χ1v) is 9.02. The summed E-state index contributed by atoms with van der Waals surface area (Å²) in [4.78, 5) is 19.0. The summed E-state index contributed by atoms with van der Waals surface area (Å²) in [5, 5.41) is 0. The lowest BCUT2D eigenvalue weighted by Crippen LogP contribution is -2.38. The zero-order valence-electron chi connectivity index (χ0n) is 14.7. The van der Waals surface area contributed by atoms with Gasteiger partial charge in [-0.15, -0.1) is 0 Å². The van der Waals surface area contributed by atoms with Gasteiger partial charge in [0.05, 0.1) is 0 Å². The fourth-order valence-corrected chi connectivity index (χ4v) is 3.51. The van der Waals surface area contributed by atoms with Crippen molar-refractivity contribution in [3.63, 3.8) is 0 Å². The van der Waals surface area contributed by atoms with Crippen molar-refractivity contribution >= 4 is 5.91 Å². The van der Waals surface area contributed by atoms with Crippen molar-refractivity contribution in [2.75, 3.05) is 6.54 Å². The molecule has 0 unspecified atom stereocenters. The minimum absolute atomic E-state index is 0.287. The molecule has 0 spiro atoms. The number of carbonyl (C=O) groups is 1. The summed E-state index contributed by atoms with van der Waals surface area (Å²) in [7, 11) is 0. The number of aromatic nitrogens is 2. The lowest BCUT2D eigenvalue weighted by molar-refractivity contribution is -0.132. The van der Waals surface area contributed by atoms with E-state index in [1.165, 1.54) is 11.1 Å². The van der Waals surface area contributed by atoms with Gasteiger partial charge in [-0.05, 0) is 43.7 Å². The van der Waals surface area contributed by atoms with Crippen LogP contribution in [0.25, 0.3) is 0 Å². The number of hydrogen-bond acceptors (Lipinski definition) is 2. The molecule has 4 heteroatoms. The Hall–Kier alpha value is -2.10. The van der Waals surface area contributed by atoms with Gasteiger partial charge < -0.3 is 9.47 Å². The van der Waals surface area contributed by atoms with Gasteiger partial charge in [0, 0.05) is 37.9 Å². The molecule has 1 atom stereocenters. The predicted octanol–water partition coefficient (Wildman–Crippen LogP) is 3.38. The topological polar surface area (TPSA) is 38.1 Å². The first kappa shape index (κ1) is 16.7. The summed E-state index contributed by atoms with van der Waals surface area (Å²) in [6.07, 6.45) is 8.52. The van der Waals surface area contributed by atoms with Gasteiger partial charge in [0.2, 0.25) is 5.91 Å². The Morgan fingerprint density at radius 1 is 1.25 bits per heavy atom. The molecule has 0 N–H and O–H groups in total. The van der Waals surface area contributed by atoms with Crippen molar-refractivity contribution in [2.24, 2.45) is 0 Å². The number of aryl methyl sites for hydroxylation is 3. The molecular weight excluding hydrogens is 298 g/mol. The minimum Gasteiger partial charge on any atom is -0.338 e. The number of amides is 1. The monoisotopic (exact) mass is 325 g/mol. The summed E-state index contributed by atoms with van der Waals surface area (Å²) in [5.74, 6) is 1.31. The second-order valence-electron chi connectivity index (χ2n) is 6.68. The number of hydrogen-bond donors (Lipinski definition) is 0. The smallest absolute Gasteiger partial charge is 0.223 e. The molecular formula is C20H27N3O. The van der Waals surface area contributed by atoms with Crippen LogP contribution in [0.5, 0.6) is 0 Å².